The summed E-state index contributed by atoms with van der Waals surface area (Å²) in [6.07, 6.45) is -0.677. The predicted octanol–water partition coefficient (Wildman–Crippen LogP) is 3.79. The van der Waals surface area contributed by atoms with Gasteiger partial charge in [-0.25, -0.2) is 8.78 Å². The molecule has 0 amide bonds. The zero-order valence-electron chi connectivity index (χ0n) is 11.1. The van der Waals surface area contributed by atoms with Crippen molar-refractivity contribution in [3.63, 3.8) is 0 Å². The van der Waals surface area contributed by atoms with Crippen LogP contribution in [-0.4, -0.2) is 10.1 Å². The highest BCUT2D eigenvalue weighted by molar-refractivity contribution is 5.78. The molecule has 2 aromatic carbocycles. The lowest BCUT2D eigenvalue weighted by Crippen LogP contribution is -2.04. The molecule has 0 bridgehead atoms. The fraction of sp³-hybridized carbons (Fsp3) is 0.118. The second-order valence-electron chi connectivity index (χ2n) is 4.89. The van der Waals surface area contributed by atoms with Crippen LogP contribution in [0.25, 0.3) is 10.9 Å². The lowest BCUT2D eigenvalue weighted by atomic mass is 10.0. The molecule has 21 heavy (non-hydrogen) atoms. The van der Waals surface area contributed by atoms with Crippen LogP contribution in [0.2, 0.25) is 0 Å². The topological polar surface area (TPSA) is 33.1 Å². The largest absolute Gasteiger partial charge is 0.388 e. The monoisotopic (exact) mass is 285 g/mol. The number of halogens is 2. The Hall–Kier alpha value is -2.33. The van der Waals surface area contributed by atoms with Gasteiger partial charge in [0, 0.05) is 17.5 Å². The van der Waals surface area contributed by atoms with Gasteiger partial charge in [-0.3, -0.25) is 4.98 Å². The summed E-state index contributed by atoms with van der Waals surface area (Å²) in [5.74, 6) is -1.88. The van der Waals surface area contributed by atoms with Gasteiger partial charge in [0.2, 0.25) is 0 Å². The third-order valence-electron chi connectivity index (χ3n) is 3.39. The van der Waals surface area contributed by atoms with Crippen LogP contribution in [0.5, 0.6) is 0 Å². The van der Waals surface area contributed by atoms with E-state index in [0.29, 0.717) is 11.3 Å². The number of pyridine rings is 1. The van der Waals surface area contributed by atoms with Gasteiger partial charge in [0.15, 0.2) is 11.6 Å². The van der Waals surface area contributed by atoms with Crippen LogP contribution in [0.15, 0.2) is 54.6 Å². The molecule has 2 nitrogen and oxygen atoms in total. The summed E-state index contributed by atoms with van der Waals surface area (Å²) in [5, 5.41) is 11.1. The molecule has 1 aromatic heterocycles. The molecule has 1 heterocycles. The SMILES string of the molecule is OC(Cc1ccc2ccccc2n1)c1ccc(F)c(F)c1. The molecular weight excluding hydrogens is 272 g/mol. The average molecular weight is 285 g/mol. The summed E-state index contributed by atoms with van der Waals surface area (Å²) >= 11 is 0. The van der Waals surface area contributed by atoms with E-state index in [0.717, 1.165) is 23.0 Å². The zero-order valence-corrected chi connectivity index (χ0v) is 11.1. The number of hydrogen-bond acceptors (Lipinski definition) is 2. The molecule has 0 aliphatic rings. The highest BCUT2D eigenvalue weighted by Gasteiger charge is 2.12. The van der Waals surface area contributed by atoms with E-state index in [1.165, 1.54) is 6.07 Å². The van der Waals surface area contributed by atoms with E-state index < -0.39 is 17.7 Å². The number of aromatic nitrogens is 1. The van der Waals surface area contributed by atoms with E-state index >= 15 is 0 Å². The van der Waals surface area contributed by atoms with Crippen molar-refractivity contribution in [3.8, 4) is 0 Å². The van der Waals surface area contributed by atoms with Crippen LogP contribution < -0.4 is 0 Å². The molecular formula is C17H13F2NO. The van der Waals surface area contributed by atoms with Crippen molar-refractivity contribution in [1.29, 1.82) is 0 Å². The fourth-order valence-electron chi connectivity index (χ4n) is 2.26. The smallest absolute Gasteiger partial charge is 0.159 e. The number of nitrogens with zero attached hydrogens (tertiary/aromatic N) is 1. The third kappa shape index (κ3) is 2.90. The molecule has 0 aliphatic carbocycles. The third-order valence-corrected chi connectivity index (χ3v) is 3.39. The number of aliphatic hydroxyl groups is 1. The maximum Gasteiger partial charge on any atom is 0.159 e. The molecule has 3 rings (SSSR count). The van der Waals surface area contributed by atoms with E-state index in [9.17, 15) is 13.9 Å². The first-order valence-electron chi connectivity index (χ1n) is 6.61. The summed E-state index contributed by atoms with van der Waals surface area (Å²) in [6.45, 7) is 0. The quantitative estimate of drug-likeness (QED) is 0.794. The second-order valence-corrected chi connectivity index (χ2v) is 4.89. The molecule has 0 aliphatic heterocycles. The van der Waals surface area contributed by atoms with E-state index in [1.54, 1.807) is 0 Å². The summed E-state index contributed by atoms with van der Waals surface area (Å²) in [7, 11) is 0. The molecule has 4 heteroatoms. The number of benzene rings is 2. The minimum Gasteiger partial charge on any atom is -0.388 e. The van der Waals surface area contributed by atoms with Crippen molar-refractivity contribution in [2.45, 2.75) is 12.5 Å². The Kier molecular flexibility index (Phi) is 3.62. The van der Waals surface area contributed by atoms with Crippen molar-refractivity contribution in [2.75, 3.05) is 0 Å². The Bertz CT molecular complexity index is 789. The summed E-state index contributed by atoms with van der Waals surface area (Å²) in [4.78, 5) is 4.45. The van der Waals surface area contributed by atoms with Gasteiger partial charge in [-0.15, -0.1) is 0 Å². The van der Waals surface area contributed by atoms with Crippen molar-refractivity contribution in [1.82, 2.24) is 4.98 Å². The first kappa shape index (κ1) is 13.6. The second kappa shape index (κ2) is 5.58. The van der Waals surface area contributed by atoms with E-state index in [-0.39, 0.29) is 6.42 Å². The Labute approximate surface area is 120 Å². The Balaban J connectivity index is 1.85. The predicted molar refractivity (Wildman–Crippen MR) is 76.8 cm³/mol. The zero-order chi connectivity index (χ0) is 14.8. The van der Waals surface area contributed by atoms with Gasteiger partial charge in [0.1, 0.15) is 0 Å². The molecule has 1 unspecified atom stereocenters. The summed E-state index contributed by atoms with van der Waals surface area (Å²) < 4.78 is 26.1. The highest BCUT2D eigenvalue weighted by atomic mass is 19.2. The molecule has 0 saturated heterocycles. The molecule has 1 atom stereocenters. The van der Waals surface area contributed by atoms with E-state index in [4.69, 9.17) is 0 Å². The van der Waals surface area contributed by atoms with Gasteiger partial charge >= 0.3 is 0 Å². The lowest BCUT2D eigenvalue weighted by Gasteiger charge is -2.11. The van der Waals surface area contributed by atoms with Gasteiger partial charge in [0.05, 0.1) is 11.6 Å². The number of rotatable bonds is 3. The molecule has 0 saturated carbocycles. The number of fused-ring (bicyclic) bond motifs is 1. The lowest BCUT2D eigenvalue weighted by molar-refractivity contribution is 0.176. The van der Waals surface area contributed by atoms with Gasteiger partial charge in [-0.2, -0.15) is 0 Å². The first-order chi connectivity index (χ1) is 10.1. The van der Waals surface area contributed by atoms with Crippen LogP contribution in [0, 0.1) is 11.6 Å². The molecule has 1 N–H and O–H groups in total. The van der Waals surface area contributed by atoms with Gasteiger partial charge in [0.25, 0.3) is 0 Å². The number of hydrogen-bond donors (Lipinski definition) is 1. The Morgan fingerprint density at radius 2 is 1.76 bits per heavy atom. The van der Waals surface area contributed by atoms with Gasteiger partial charge < -0.3 is 5.11 Å². The standard InChI is InChI=1S/C17H13F2NO/c18-14-8-6-12(9-15(14)19)17(21)10-13-7-5-11-3-1-2-4-16(11)20-13/h1-9,17,21H,10H2. The summed E-state index contributed by atoms with van der Waals surface area (Å²) in [6, 6.07) is 14.8. The number of aliphatic hydroxyl groups excluding tert-OH is 1. The first-order valence-corrected chi connectivity index (χ1v) is 6.61. The van der Waals surface area contributed by atoms with Crippen molar-refractivity contribution in [2.24, 2.45) is 0 Å². The summed E-state index contributed by atoms with van der Waals surface area (Å²) in [5.41, 5.74) is 1.88. The van der Waals surface area contributed by atoms with Crippen LogP contribution >= 0.6 is 0 Å². The van der Waals surface area contributed by atoms with Gasteiger partial charge in [-0.05, 0) is 29.8 Å². The van der Waals surface area contributed by atoms with Crippen LogP contribution in [0.4, 0.5) is 8.78 Å². The van der Waals surface area contributed by atoms with Crippen molar-refractivity contribution in [3.05, 3.63) is 77.5 Å². The number of para-hydroxylation sites is 1. The van der Waals surface area contributed by atoms with E-state index in [1.807, 2.05) is 36.4 Å². The maximum atomic E-state index is 13.2. The highest BCUT2D eigenvalue weighted by Crippen LogP contribution is 2.21. The molecule has 0 fully saturated rings. The molecule has 106 valence electrons. The van der Waals surface area contributed by atoms with Crippen LogP contribution in [0.1, 0.15) is 17.4 Å². The van der Waals surface area contributed by atoms with E-state index in [2.05, 4.69) is 4.98 Å². The molecule has 0 spiro atoms. The van der Waals surface area contributed by atoms with Gasteiger partial charge in [-0.1, -0.05) is 30.3 Å². The Morgan fingerprint density at radius 3 is 2.57 bits per heavy atom. The normalized spacial score (nSPS) is 12.5. The average Bonchev–Trinajstić information content (AvgIpc) is 2.50. The maximum absolute atomic E-state index is 13.2. The van der Waals surface area contributed by atoms with Crippen molar-refractivity contribution >= 4 is 10.9 Å². The molecule has 3 aromatic rings. The van der Waals surface area contributed by atoms with Crippen LogP contribution in [0.3, 0.4) is 0 Å². The minimum atomic E-state index is -0.960. The fourth-order valence-corrected chi connectivity index (χ4v) is 2.26. The van der Waals surface area contributed by atoms with Crippen molar-refractivity contribution < 1.29 is 13.9 Å². The minimum absolute atomic E-state index is 0.246. The Morgan fingerprint density at radius 1 is 0.952 bits per heavy atom. The molecule has 0 radical (unpaired) electrons. The van der Waals surface area contributed by atoms with Crippen LogP contribution in [-0.2, 0) is 6.42 Å².